The molecule has 0 spiro atoms. The zero-order chi connectivity index (χ0) is 46.6. The Hall–Kier alpha value is -9.80. The molecule has 3 heterocycles. The van der Waals surface area contributed by atoms with Crippen molar-refractivity contribution in [2.75, 3.05) is 4.90 Å². The van der Waals surface area contributed by atoms with Crippen molar-refractivity contribution in [1.82, 2.24) is 30.6 Å². The van der Waals surface area contributed by atoms with Gasteiger partial charge in [0.1, 0.15) is 0 Å². The monoisotopic (exact) mass is 905 g/mol. The molecule has 0 saturated carbocycles. The van der Waals surface area contributed by atoms with E-state index >= 15 is 0 Å². The van der Waals surface area contributed by atoms with Crippen LogP contribution in [0.5, 0.6) is 0 Å². The molecule has 0 bridgehead atoms. The third kappa shape index (κ3) is 8.91. The quantitative estimate of drug-likeness (QED) is 0.117. The van der Waals surface area contributed by atoms with Crippen molar-refractivity contribution in [1.29, 1.82) is 0 Å². The highest BCUT2D eigenvalue weighted by Gasteiger charge is 2.17. The van der Waals surface area contributed by atoms with Crippen molar-refractivity contribution < 1.29 is 13.3 Å². The van der Waals surface area contributed by atoms with Gasteiger partial charge in [0, 0.05) is 52.0 Å². The Morgan fingerprint density at radius 1 is 0.271 bits per heavy atom. The molecule has 0 atom stereocenters. The van der Waals surface area contributed by atoms with Crippen molar-refractivity contribution in [3.05, 3.63) is 235 Å². The Balaban J connectivity index is 0.802. The van der Waals surface area contributed by atoms with Crippen LogP contribution in [0.3, 0.4) is 0 Å². The van der Waals surface area contributed by atoms with Gasteiger partial charge in [0.15, 0.2) is 0 Å². The molecule has 332 valence electrons. The van der Waals surface area contributed by atoms with Crippen LogP contribution in [0.15, 0.2) is 213 Å². The molecule has 12 rings (SSSR count). The van der Waals surface area contributed by atoms with Crippen LogP contribution >= 0.6 is 0 Å². The van der Waals surface area contributed by atoms with Gasteiger partial charge >= 0.3 is 0 Å². The molecule has 0 N–H and O–H groups in total. The second kappa shape index (κ2) is 18.5. The van der Waals surface area contributed by atoms with E-state index in [1.54, 1.807) is 0 Å². The third-order valence-corrected chi connectivity index (χ3v) is 12.0. The predicted molar refractivity (Wildman–Crippen MR) is 280 cm³/mol. The number of nitrogens with zero attached hydrogens (tertiary/aromatic N) is 7. The molecule has 0 unspecified atom stereocenters. The smallest absolute Gasteiger partial charge is 0.248 e. The fourth-order valence-corrected chi connectivity index (χ4v) is 8.40. The first-order chi connectivity index (χ1) is 34.6. The fourth-order valence-electron chi connectivity index (χ4n) is 8.40. The largest absolute Gasteiger partial charge is 0.417 e. The number of rotatable bonds is 12. The van der Waals surface area contributed by atoms with Gasteiger partial charge in [-0.1, -0.05) is 109 Å². The maximum atomic E-state index is 6.10. The Labute approximate surface area is 401 Å². The van der Waals surface area contributed by atoms with Gasteiger partial charge in [-0.15, -0.1) is 30.6 Å². The van der Waals surface area contributed by atoms with Gasteiger partial charge in [-0.25, -0.2) is 0 Å². The number of anilines is 3. The average Bonchev–Trinajstić information content (AvgIpc) is 4.23. The van der Waals surface area contributed by atoms with Crippen molar-refractivity contribution in [2.24, 2.45) is 0 Å². The van der Waals surface area contributed by atoms with Crippen molar-refractivity contribution in [2.45, 2.75) is 0 Å². The molecule has 10 heteroatoms. The molecule has 0 aliphatic carbocycles. The summed E-state index contributed by atoms with van der Waals surface area (Å²) in [5, 5.41) is 33.1. The Morgan fingerprint density at radius 3 is 0.857 bits per heavy atom. The first-order valence-electron chi connectivity index (χ1n) is 22.7. The van der Waals surface area contributed by atoms with E-state index in [9.17, 15) is 0 Å². The molecule has 0 saturated heterocycles. The number of aromatic nitrogens is 6. The van der Waals surface area contributed by atoms with Crippen LogP contribution < -0.4 is 4.90 Å². The minimum absolute atomic E-state index is 0.415. The van der Waals surface area contributed by atoms with Crippen LogP contribution in [-0.2, 0) is 0 Å². The molecule has 12 aromatic rings. The molecule has 10 nitrogen and oxygen atoms in total. The van der Waals surface area contributed by atoms with Crippen LogP contribution in [0.2, 0.25) is 0 Å². The lowest BCUT2D eigenvalue weighted by atomic mass is 10.1. The molecular formula is C60H39N7O3. The summed E-state index contributed by atoms with van der Waals surface area (Å²) in [5.41, 5.74) is 8.20. The lowest BCUT2D eigenvalue weighted by Crippen LogP contribution is -2.09. The van der Waals surface area contributed by atoms with Crippen molar-refractivity contribution in [3.63, 3.8) is 0 Å². The highest BCUT2D eigenvalue weighted by atomic mass is 16.4. The highest BCUT2D eigenvalue weighted by molar-refractivity contribution is 5.88. The maximum Gasteiger partial charge on any atom is 0.248 e. The molecule has 3 aromatic heterocycles. The predicted octanol–water partition coefficient (Wildman–Crippen LogP) is 15.3. The molecule has 0 fully saturated rings. The van der Waals surface area contributed by atoms with E-state index in [0.717, 1.165) is 50.4 Å². The fraction of sp³-hybridized carbons (Fsp3) is 0. The molecular weight excluding hydrogens is 867 g/mol. The maximum absolute atomic E-state index is 6.10. The van der Waals surface area contributed by atoms with Crippen LogP contribution in [0.25, 0.3) is 103 Å². The average molecular weight is 906 g/mol. The number of hydrogen-bond acceptors (Lipinski definition) is 10. The van der Waals surface area contributed by atoms with Crippen LogP contribution in [-0.4, -0.2) is 30.6 Å². The summed E-state index contributed by atoms with van der Waals surface area (Å²) in [6.45, 7) is 0. The van der Waals surface area contributed by atoms with E-state index in [2.05, 4.69) is 126 Å². The van der Waals surface area contributed by atoms with Crippen LogP contribution in [0.4, 0.5) is 17.1 Å². The lowest BCUT2D eigenvalue weighted by Gasteiger charge is -2.25. The molecule has 0 aliphatic heterocycles. The van der Waals surface area contributed by atoms with Gasteiger partial charge < -0.3 is 18.2 Å². The van der Waals surface area contributed by atoms with E-state index in [0.29, 0.717) is 35.3 Å². The normalized spacial score (nSPS) is 11.8. The summed E-state index contributed by atoms with van der Waals surface area (Å²) in [6.07, 6.45) is 11.4. The minimum atomic E-state index is 0.415. The van der Waals surface area contributed by atoms with E-state index in [1.165, 1.54) is 32.3 Å². The SMILES string of the molecule is C(=C\c1nnc(-c2ccc(N(c3ccc(-c4nnc(/C=C/c5ccc6ccccc6c5)o4)cc3)c3ccc(-c4nnc(/C=C/c5ccc6ccccc6c5)o4)cc3)cc2)o1)/c1ccc2ccccc2c1. The van der Waals surface area contributed by atoms with Gasteiger partial charge in [-0.3, -0.25) is 0 Å². The Kier molecular flexibility index (Phi) is 11.0. The van der Waals surface area contributed by atoms with E-state index < -0.39 is 0 Å². The van der Waals surface area contributed by atoms with Gasteiger partial charge in [-0.2, -0.15) is 0 Å². The van der Waals surface area contributed by atoms with Gasteiger partial charge in [0.05, 0.1) is 0 Å². The summed E-state index contributed by atoms with van der Waals surface area (Å²) in [7, 11) is 0. The molecule has 0 aliphatic rings. The molecule has 9 aromatic carbocycles. The van der Waals surface area contributed by atoms with Crippen molar-refractivity contribution >= 4 is 85.8 Å². The summed E-state index contributed by atoms with van der Waals surface area (Å²) in [4.78, 5) is 2.15. The summed E-state index contributed by atoms with van der Waals surface area (Å²) < 4.78 is 18.3. The topological polar surface area (TPSA) is 120 Å². The lowest BCUT2D eigenvalue weighted by molar-refractivity contribution is 0.557. The second-order valence-corrected chi connectivity index (χ2v) is 16.6. The second-order valence-electron chi connectivity index (χ2n) is 16.6. The van der Waals surface area contributed by atoms with Gasteiger partial charge in [0.25, 0.3) is 0 Å². The molecule has 70 heavy (non-hydrogen) atoms. The summed E-state index contributed by atoms with van der Waals surface area (Å²) in [6, 6.07) is 67.8. The first-order valence-corrected chi connectivity index (χ1v) is 22.7. The zero-order valence-electron chi connectivity index (χ0n) is 37.4. The van der Waals surface area contributed by atoms with Gasteiger partial charge in [-0.05, 0) is 158 Å². The molecule has 0 radical (unpaired) electrons. The third-order valence-electron chi connectivity index (χ3n) is 12.0. The van der Waals surface area contributed by atoms with Crippen LogP contribution in [0, 0.1) is 0 Å². The number of fused-ring (bicyclic) bond motifs is 3. The van der Waals surface area contributed by atoms with E-state index in [1.807, 2.05) is 146 Å². The molecule has 0 amide bonds. The van der Waals surface area contributed by atoms with Crippen LogP contribution in [0.1, 0.15) is 34.4 Å². The van der Waals surface area contributed by atoms with E-state index in [4.69, 9.17) is 13.3 Å². The Morgan fingerprint density at radius 2 is 0.557 bits per heavy atom. The van der Waals surface area contributed by atoms with Gasteiger partial charge in [0.2, 0.25) is 35.3 Å². The number of hydrogen-bond donors (Lipinski definition) is 0. The summed E-state index contributed by atoms with van der Waals surface area (Å²) >= 11 is 0. The highest BCUT2D eigenvalue weighted by Crippen LogP contribution is 2.38. The van der Waals surface area contributed by atoms with E-state index in [-0.39, 0.29) is 0 Å². The van der Waals surface area contributed by atoms with Crippen molar-refractivity contribution in [3.8, 4) is 34.4 Å². The zero-order valence-corrected chi connectivity index (χ0v) is 37.4. The first kappa shape index (κ1) is 41.6. The number of benzene rings is 9. The summed E-state index contributed by atoms with van der Waals surface area (Å²) in [5.74, 6) is 2.50. The Bertz CT molecular complexity index is 3500. The minimum Gasteiger partial charge on any atom is -0.417 e. The standard InChI is InChI=1S/C60H39N7O3/c1-4-10-49-37-40(13-19-43(49)7-1)16-34-55-61-64-58(68-55)46-22-28-52(29-23-46)67(53-30-24-47(25-31-53)59-65-62-56(69-59)35-17-41-14-20-44-8-2-5-11-50(44)38-41)54-32-26-48(27-33-54)60-66-63-57(70-60)36-18-42-15-21-45-9-3-6-12-51(45)39-42/h1-39H/b34-16+,35-17+,36-18+.